The van der Waals surface area contributed by atoms with Gasteiger partial charge in [-0.15, -0.1) is 0 Å². The van der Waals surface area contributed by atoms with Crippen LogP contribution in [0.1, 0.15) is 59.8 Å². The molecule has 3 aromatic carbocycles. The fourth-order valence-corrected chi connectivity index (χ4v) is 5.06. The van der Waals surface area contributed by atoms with Gasteiger partial charge in [-0.05, 0) is 42.7 Å². The molecular weight excluding hydrogens is 506 g/mol. The van der Waals surface area contributed by atoms with Gasteiger partial charge in [0.15, 0.2) is 0 Å². The predicted octanol–water partition coefficient (Wildman–Crippen LogP) is 5.43. The molecule has 1 aromatic heterocycles. The number of carbonyl (C=O) groups excluding carboxylic acids is 1. The van der Waals surface area contributed by atoms with E-state index in [0.29, 0.717) is 38.8 Å². The molecule has 5 rings (SSSR count). The van der Waals surface area contributed by atoms with Crippen molar-refractivity contribution >= 4 is 40.3 Å². The molecule has 0 radical (unpaired) electrons. The molecule has 0 aliphatic carbocycles. The Bertz CT molecular complexity index is 1620. The number of nitrogens with zero attached hydrogens (tertiary/aromatic N) is 1. The summed E-state index contributed by atoms with van der Waals surface area (Å²) >= 11 is 6.48. The normalized spacial score (nSPS) is 14.2. The van der Waals surface area contributed by atoms with Crippen LogP contribution in [0.5, 0.6) is 0 Å². The van der Waals surface area contributed by atoms with Crippen LogP contribution < -0.4 is 26.4 Å². The Morgan fingerprint density at radius 1 is 1.03 bits per heavy atom. The number of carbonyl (C=O) groups is 1. The maximum Gasteiger partial charge on any atom is 0.261 e. The maximum atomic E-state index is 13.6. The third-order valence-electron chi connectivity index (χ3n) is 6.85. The van der Waals surface area contributed by atoms with Crippen molar-refractivity contribution in [3.05, 3.63) is 102 Å². The minimum absolute atomic E-state index is 0.0825. The zero-order valence-corrected chi connectivity index (χ0v) is 22.3. The second-order valence-corrected chi connectivity index (χ2v) is 11.0. The van der Waals surface area contributed by atoms with Gasteiger partial charge in [0.25, 0.3) is 16.8 Å². The first-order valence-electron chi connectivity index (χ1n) is 12.3. The van der Waals surface area contributed by atoms with Crippen LogP contribution in [0.25, 0.3) is 0 Å². The molecule has 0 unspecified atom stereocenters. The molecule has 1 aliphatic rings. The summed E-state index contributed by atoms with van der Waals surface area (Å²) in [4.78, 5) is 40.5. The number of furan rings is 1. The Labute approximate surface area is 224 Å². The van der Waals surface area contributed by atoms with Crippen molar-refractivity contribution in [1.29, 1.82) is 0 Å². The molecule has 0 spiro atoms. The molecule has 3 N–H and O–H groups in total. The molecule has 1 amide bonds. The van der Waals surface area contributed by atoms with Gasteiger partial charge in [-0.2, -0.15) is 0 Å². The number of aryl methyl sites for hydroxylation is 1. The summed E-state index contributed by atoms with van der Waals surface area (Å²) in [6.07, 6.45) is 0. The molecule has 0 bridgehead atoms. The van der Waals surface area contributed by atoms with Gasteiger partial charge < -0.3 is 25.1 Å². The molecule has 0 fully saturated rings. The molecular formula is C29H28ClN3O5. The summed E-state index contributed by atoms with van der Waals surface area (Å²) in [6.45, 7) is 7.84. The summed E-state index contributed by atoms with van der Waals surface area (Å²) in [7, 11) is 0. The smallest absolute Gasteiger partial charge is 0.261 e. The van der Waals surface area contributed by atoms with E-state index in [9.17, 15) is 19.5 Å². The number of benzene rings is 2. The number of aliphatic hydroxyl groups excluding tert-OH is 1. The van der Waals surface area contributed by atoms with Crippen LogP contribution in [0.15, 0.2) is 62.5 Å². The van der Waals surface area contributed by atoms with Crippen molar-refractivity contribution in [3.8, 4) is 0 Å². The van der Waals surface area contributed by atoms with E-state index >= 15 is 0 Å². The largest absolute Gasteiger partial charge is 0.464 e. The number of anilines is 4. The average Bonchev–Trinajstić information content (AvgIpc) is 3.47. The lowest BCUT2D eigenvalue weighted by Crippen LogP contribution is -2.39. The van der Waals surface area contributed by atoms with E-state index in [1.54, 1.807) is 41.3 Å². The van der Waals surface area contributed by atoms with E-state index in [2.05, 4.69) is 10.6 Å². The van der Waals surface area contributed by atoms with E-state index in [1.165, 1.54) is 0 Å². The maximum absolute atomic E-state index is 13.6. The summed E-state index contributed by atoms with van der Waals surface area (Å²) in [5, 5.41) is 16.4. The first kappa shape index (κ1) is 25.8. The van der Waals surface area contributed by atoms with E-state index in [-0.39, 0.29) is 41.9 Å². The highest BCUT2D eigenvalue weighted by atomic mass is 35.5. The predicted molar refractivity (Wildman–Crippen MR) is 148 cm³/mol. The van der Waals surface area contributed by atoms with Gasteiger partial charge in [0.2, 0.25) is 0 Å². The Kier molecular flexibility index (Phi) is 6.41. The molecule has 196 valence electrons. The second-order valence-electron chi connectivity index (χ2n) is 10.6. The topological polar surface area (TPSA) is 112 Å². The fourth-order valence-electron chi connectivity index (χ4n) is 4.84. The standard InChI is InChI=1S/C29H28ClN3O5/c1-15-9-12-21(38-15)27(29(2,3)4)32-24-23(25(35)26(24)36)31-19-11-10-18(30)17-13-33(28(37)22(17)19)20-8-6-5-7-16(20)14-34/h5-12,27,31-32,34H,13-14H2,1-4H3/t27-/m0/s1. The van der Waals surface area contributed by atoms with Crippen LogP contribution in [0.3, 0.4) is 0 Å². The van der Waals surface area contributed by atoms with Gasteiger partial charge in [-0.1, -0.05) is 50.6 Å². The Morgan fingerprint density at radius 3 is 2.39 bits per heavy atom. The van der Waals surface area contributed by atoms with Gasteiger partial charge >= 0.3 is 0 Å². The zero-order valence-electron chi connectivity index (χ0n) is 21.5. The molecule has 9 heteroatoms. The van der Waals surface area contributed by atoms with E-state index in [0.717, 1.165) is 5.76 Å². The quantitative estimate of drug-likeness (QED) is 0.271. The lowest BCUT2D eigenvalue weighted by Gasteiger charge is -2.31. The van der Waals surface area contributed by atoms with Crippen molar-refractivity contribution in [3.63, 3.8) is 0 Å². The minimum atomic E-state index is -0.674. The van der Waals surface area contributed by atoms with Crippen LogP contribution in [-0.2, 0) is 13.2 Å². The summed E-state index contributed by atoms with van der Waals surface area (Å²) in [5.74, 6) is 1.06. The lowest BCUT2D eigenvalue weighted by molar-refractivity contribution is 0.0997. The van der Waals surface area contributed by atoms with Crippen LogP contribution >= 0.6 is 11.6 Å². The third kappa shape index (κ3) is 4.29. The van der Waals surface area contributed by atoms with Gasteiger partial charge in [0.1, 0.15) is 22.9 Å². The van der Waals surface area contributed by atoms with Crippen LogP contribution in [0, 0.1) is 12.3 Å². The average molecular weight is 534 g/mol. The summed E-state index contributed by atoms with van der Waals surface area (Å²) in [6, 6.07) is 13.7. The van der Waals surface area contributed by atoms with Crippen molar-refractivity contribution in [1.82, 2.24) is 0 Å². The van der Waals surface area contributed by atoms with Crippen molar-refractivity contribution in [2.24, 2.45) is 5.41 Å². The molecule has 0 saturated heterocycles. The second kappa shape index (κ2) is 9.45. The molecule has 4 aromatic rings. The number of amides is 1. The van der Waals surface area contributed by atoms with Crippen LogP contribution in [0.4, 0.5) is 22.7 Å². The van der Waals surface area contributed by atoms with Crippen LogP contribution in [0.2, 0.25) is 5.02 Å². The Hall–Kier alpha value is -3.88. The number of aliphatic hydroxyl groups is 1. The minimum Gasteiger partial charge on any atom is -0.464 e. The monoisotopic (exact) mass is 533 g/mol. The highest BCUT2D eigenvalue weighted by Crippen LogP contribution is 2.41. The number of fused-ring (bicyclic) bond motifs is 1. The number of hydrogen-bond donors (Lipinski definition) is 3. The van der Waals surface area contributed by atoms with Gasteiger partial charge in [0.05, 0.1) is 30.4 Å². The first-order chi connectivity index (χ1) is 18.0. The molecule has 1 aliphatic heterocycles. The Balaban J connectivity index is 1.50. The number of rotatable bonds is 7. The van der Waals surface area contributed by atoms with E-state index < -0.39 is 10.9 Å². The van der Waals surface area contributed by atoms with Gasteiger partial charge in [-0.25, -0.2) is 0 Å². The molecule has 8 nitrogen and oxygen atoms in total. The number of hydrogen-bond acceptors (Lipinski definition) is 7. The number of halogens is 1. The Morgan fingerprint density at radius 2 is 1.74 bits per heavy atom. The summed E-state index contributed by atoms with van der Waals surface area (Å²) < 4.78 is 5.83. The fraction of sp³-hybridized carbons (Fsp3) is 0.276. The van der Waals surface area contributed by atoms with Gasteiger partial charge in [-0.3, -0.25) is 14.4 Å². The molecule has 1 atom stereocenters. The van der Waals surface area contributed by atoms with Crippen molar-refractivity contribution in [2.75, 3.05) is 15.5 Å². The molecule has 2 heterocycles. The third-order valence-corrected chi connectivity index (χ3v) is 7.21. The molecule has 38 heavy (non-hydrogen) atoms. The number of nitrogens with one attached hydrogen (secondary N) is 2. The lowest BCUT2D eigenvalue weighted by atomic mass is 9.85. The van der Waals surface area contributed by atoms with E-state index in [4.69, 9.17) is 16.0 Å². The highest BCUT2D eigenvalue weighted by Gasteiger charge is 2.36. The zero-order chi connectivity index (χ0) is 27.4. The highest BCUT2D eigenvalue weighted by molar-refractivity contribution is 6.33. The van der Waals surface area contributed by atoms with E-state index in [1.807, 2.05) is 39.8 Å². The SMILES string of the molecule is Cc1ccc([C@H](Nc2c(Nc3ccc(Cl)c4c3C(=O)N(c3ccccc3CO)C4)c(=O)c2=O)C(C)(C)C)o1. The van der Waals surface area contributed by atoms with Gasteiger partial charge in [0, 0.05) is 21.8 Å². The van der Waals surface area contributed by atoms with Crippen molar-refractivity contribution < 1.29 is 14.3 Å². The first-order valence-corrected chi connectivity index (χ1v) is 12.6. The molecule has 0 saturated carbocycles. The summed E-state index contributed by atoms with van der Waals surface area (Å²) in [5.41, 5.74) is 1.03. The number of para-hydroxylation sites is 1. The van der Waals surface area contributed by atoms with Crippen LogP contribution in [-0.4, -0.2) is 11.0 Å². The van der Waals surface area contributed by atoms with Crippen molar-refractivity contribution in [2.45, 2.75) is 46.9 Å².